The second kappa shape index (κ2) is 9.56. The van der Waals surface area contributed by atoms with E-state index in [2.05, 4.69) is 20.6 Å². The molecule has 0 radical (unpaired) electrons. The summed E-state index contributed by atoms with van der Waals surface area (Å²) in [4.78, 5) is 20.7. The summed E-state index contributed by atoms with van der Waals surface area (Å²) in [7, 11) is 3.06. The van der Waals surface area contributed by atoms with Crippen LogP contribution in [0.15, 0.2) is 42.5 Å². The van der Waals surface area contributed by atoms with Gasteiger partial charge in [-0.25, -0.2) is 14.8 Å². The predicted molar refractivity (Wildman–Crippen MR) is 120 cm³/mol. The van der Waals surface area contributed by atoms with E-state index in [1.54, 1.807) is 43.4 Å². The van der Waals surface area contributed by atoms with Gasteiger partial charge in [-0.2, -0.15) is 0 Å². The van der Waals surface area contributed by atoms with Crippen LogP contribution >= 0.6 is 23.2 Å². The number of ether oxygens (including phenoxy) is 1. The number of nitrogens with zero attached hydrogens (tertiary/aromatic N) is 2. The lowest BCUT2D eigenvalue weighted by Gasteiger charge is -2.15. The Morgan fingerprint density at radius 1 is 1.17 bits per heavy atom. The van der Waals surface area contributed by atoms with Gasteiger partial charge in [-0.15, -0.1) is 0 Å². The number of halogens is 2. The number of rotatable bonds is 7. The van der Waals surface area contributed by atoms with Crippen LogP contribution < -0.4 is 10.6 Å². The van der Waals surface area contributed by atoms with Crippen molar-refractivity contribution >= 4 is 46.9 Å². The van der Waals surface area contributed by atoms with E-state index >= 15 is 0 Å². The van der Waals surface area contributed by atoms with Crippen LogP contribution in [0.25, 0.3) is 11.4 Å². The summed E-state index contributed by atoms with van der Waals surface area (Å²) in [6, 6.07) is 12.0. The average Bonchev–Trinajstić information content (AvgIpc) is 2.77. The summed E-state index contributed by atoms with van der Waals surface area (Å²) >= 11 is 12.2. The van der Waals surface area contributed by atoms with Crippen LogP contribution in [-0.4, -0.2) is 36.3 Å². The number of hydrogen-bond donors (Lipinski definition) is 3. The number of benzene rings is 2. The minimum Gasteiger partial charge on any atom is -0.465 e. The van der Waals surface area contributed by atoms with E-state index in [1.165, 1.54) is 7.11 Å². The summed E-state index contributed by atoms with van der Waals surface area (Å²) in [6.07, 6.45) is 1.15. The molecule has 30 heavy (non-hydrogen) atoms. The van der Waals surface area contributed by atoms with E-state index in [0.29, 0.717) is 50.7 Å². The third-order valence-electron chi connectivity index (χ3n) is 4.35. The maximum Gasteiger partial charge on any atom is 0.337 e. The largest absolute Gasteiger partial charge is 0.465 e. The second-order valence-electron chi connectivity index (χ2n) is 6.21. The van der Waals surface area contributed by atoms with Crippen LogP contribution in [0, 0.1) is 5.41 Å². The summed E-state index contributed by atoms with van der Waals surface area (Å²) in [5.74, 6) is 0.507. The van der Waals surface area contributed by atoms with Crippen molar-refractivity contribution in [2.45, 2.75) is 6.54 Å². The standard InChI is InChI=1S/C21H19Cl2N5O2/c1-25-18-17(10-24)27-19(12-3-5-13(6-4-12)21(29)30-2)28-20(18)26-11-14-7-8-15(22)9-16(14)23/h3-10,24-25H,11H2,1-2H3,(H,26,27,28). The van der Waals surface area contributed by atoms with Crippen molar-refractivity contribution in [2.24, 2.45) is 0 Å². The molecular weight excluding hydrogens is 425 g/mol. The van der Waals surface area contributed by atoms with E-state index in [1.807, 2.05) is 6.07 Å². The molecule has 3 rings (SSSR count). The Bertz CT molecular complexity index is 1090. The molecule has 1 aromatic heterocycles. The smallest absolute Gasteiger partial charge is 0.337 e. The van der Waals surface area contributed by atoms with Crippen LogP contribution in [0.5, 0.6) is 0 Å². The summed E-state index contributed by atoms with van der Waals surface area (Å²) in [6.45, 7) is 0.403. The van der Waals surface area contributed by atoms with Gasteiger partial charge < -0.3 is 20.8 Å². The number of anilines is 2. The molecule has 3 N–H and O–H groups in total. The van der Waals surface area contributed by atoms with Crippen LogP contribution in [0.4, 0.5) is 11.5 Å². The zero-order valence-electron chi connectivity index (χ0n) is 16.3. The molecule has 9 heteroatoms. The molecule has 0 fully saturated rings. The first-order valence-corrected chi connectivity index (χ1v) is 9.69. The SMILES string of the molecule is CNc1c(C=N)nc(-c2ccc(C(=O)OC)cc2)nc1NCc1ccc(Cl)cc1Cl. The topological polar surface area (TPSA) is 100.0 Å². The molecule has 0 aliphatic rings. The molecule has 2 aromatic carbocycles. The number of aromatic nitrogens is 2. The quantitative estimate of drug-likeness (QED) is 0.355. The van der Waals surface area contributed by atoms with Gasteiger partial charge in [-0.3, -0.25) is 0 Å². The van der Waals surface area contributed by atoms with Crippen LogP contribution in [-0.2, 0) is 11.3 Å². The first-order valence-electron chi connectivity index (χ1n) is 8.93. The predicted octanol–water partition coefficient (Wildman–Crippen LogP) is 4.89. The minimum atomic E-state index is -0.421. The normalized spacial score (nSPS) is 10.4. The average molecular weight is 444 g/mol. The third kappa shape index (κ3) is 4.69. The van der Waals surface area contributed by atoms with Crippen molar-refractivity contribution in [1.29, 1.82) is 5.41 Å². The van der Waals surface area contributed by atoms with Crippen molar-refractivity contribution in [3.63, 3.8) is 0 Å². The number of hydrogen-bond acceptors (Lipinski definition) is 7. The van der Waals surface area contributed by atoms with Gasteiger partial charge in [0.05, 0.1) is 12.7 Å². The van der Waals surface area contributed by atoms with Crippen molar-refractivity contribution in [3.05, 3.63) is 69.3 Å². The number of esters is 1. The van der Waals surface area contributed by atoms with Crippen LogP contribution in [0.2, 0.25) is 10.0 Å². The number of nitrogens with one attached hydrogen (secondary N) is 3. The van der Waals surface area contributed by atoms with Gasteiger partial charge in [0.25, 0.3) is 0 Å². The zero-order valence-corrected chi connectivity index (χ0v) is 17.8. The van der Waals surface area contributed by atoms with Gasteiger partial charge in [-0.05, 0) is 29.8 Å². The number of carbonyl (C=O) groups is 1. The fraction of sp³-hybridized carbons (Fsp3) is 0.143. The lowest BCUT2D eigenvalue weighted by atomic mass is 10.1. The van der Waals surface area contributed by atoms with E-state index in [9.17, 15) is 4.79 Å². The highest BCUT2D eigenvalue weighted by Gasteiger charge is 2.15. The van der Waals surface area contributed by atoms with Gasteiger partial charge >= 0.3 is 5.97 Å². The van der Waals surface area contributed by atoms with Crippen molar-refractivity contribution in [1.82, 2.24) is 9.97 Å². The maximum absolute atomic E-state index is 11.6. The van der Waals surface area contributed by atoms with Crippen molar-refractivity contribution < 1.29 is 9.53 Å². The van der Waals surface area contributed by atoms with Crippen LogP contribution in [0.3, 0.4) is 0 Å². The lowest BCUT2D eigenvalue weighted by molar-refractivity contribution is 0.0601. The molecule has 0 unspecified atom stereocenters. The highest BCUT2D eigenvalue weighted by atomic mass is 35.5. The molecule has 1 heterocycles. The first-order chi connectivity index (χ1) is 14.5. The van der Waals surface area contributed by atoms with E-state index in [0.717, 1.165) is 11.8 Å². The lowest BCUT2D eigenvalue weighted by Crippen LogP contribution is -2.10. The van der Waals surface area contributed by atoms with Gasteiger partial charge in [0.15, 0.2) is 11.6 Å². The molecule has 7 nitrogen and oxygen atoms in total. The van der Waals surface area contributed by atoms with Gasteiger partial charge in [0, 0.05) is 35.4 Å². The van der Waals surface area contributed by atoms with E-state index in [-0.39, 0.29) is 0 Å². The molecule has 0 aliphatic carbocycles. The molecule has 0 saturated carbocycles. The second-order valence-corrected chi connectivity index (χ2v) is 7.05. The first kappa shape index (κ1) is 21.5. The molecule has 154 valence electrons. The fourth-order valence-corrected chi connectivity index (χ4v) is 3.28. The summed E-state index contributed by atoms with van der Waals surface area (Å²) in [5.41, 5.74) is 2.98. The highest BCUT2D eigenvalue weighted by molar-refractivity contribution is 6.35. The Balaban J connectivity index is 1.96. The molecule has 0 aliphatic heterocycles. The fourth-order valence-electron chi connectivity index (χ4n) is 2.80. The Kier molecular flexibility index (Phi) is 6.87. The molecule has 0 atom stereocenters. The molecule has 0 saturated heterocycles. The van der Waals surface area contributed by atoms with Crippen molar-refractivity contribution in [2.75, 3.05) is 24.8 Å². The Morgan fingerprint density at radius 3 is 2.50 bits per heavy atom. The molecule has 0 spiro atoms. The molecule has 0 amide bonds. The maximum atomic E-state index is 11.6. The number of methoxy groups -OCH3 is 1. The van der Waals surface area contributed by atoms with Gasteiger partial charge in [0.1, 0.15) is 11.4 Å². The van der Waals surface area contributed by atoms with E-state index in [4.69, 9.17) is 33.3 Å². The highest BCUT2D eigenvalue weighted by Crippen LogP contribution is 2.28. The Morgan fingerprint density at radius 2 is 1.90 bits per heavy atom. The van der Waals surface area contributed by atoms with E-state index < -0.39 is 5.97 Å². The minimum absolute atomic E-state index is 0.403. The van der Waals surface area contributed by atoms with Crippen LogP contribution in [0.1, 0.15) is 21.6 Å². The van der Waals surface area contributed by atoms with Crippen molar-refractivity contribution in [3.8, 4) is 11.4 Å². The third-order valence-corrected chi connectivity index (χ3v) is 4.94. The molecular formula is C21H19Cl2N5O2. The Hall–Kier alpha value is -3.16. The number of carbonyl (C=O) groups excluding carboxylic acids is 1. The monoisotopic (exact) mass is 443 g/mol. The summed E-state index contributed by atoms with van der Waals surface area (Å²) < 4.78 is 4.72. The summed E-state index contributed by atoms with van der Waals surface area (Å²) in [5, 5.41) is 15.1. The molecule has 3 aromatic rings. The zero-order chi connectivity index (χ0) is 21.7. The van der Waals surface area contributed by atoms with Gasteiger partial charge in [0.2, 0.25) is 0 Å². The molecule has 0 bridgehead atoms. The van der Waals surface area contributed by atoms with Gasteiger partial charge in [-0.1, -0.05) is 41.4 Å². The Labute approximate surface area is 183 Å².